The molecule has 1 aliphatic rings. The van der Waals surface area contributed by atoms with Crippen molar-refractivity contribution < 1.29 is 47.6 Å². The number of benzene rings is 8. The normalized spacial score (nSPS) is 12.2. The first-order chi connectivity index (χ1) is 45.1. The summed E-state index contributed by atoms with van der Waals surface area (Å²) in [5.74, 6) is 0.826. The lowest BCUT2D eigenvalue weighted by Crippen LogP contribution is -2.30. The number of rotatable bonds is 28. The van der Waals surface area contributed by atoms with Crippen molar-refractivity contribution in [3.8, 4) is 67.5 Å². The molecule has 8 aromatic rings. The molecule has 0 aromatic heterocycles. The molecule has 4 amide bonds. The minimum absolute atomic E-state index is 0.0214. The summed E-state index contributed by atoms with van der Waals surface area (Å²) >= 11 is 0. The second kappa shape index (κ2) is 35.4. The Labute approximate surface area is 542 Å². The van der Waals surface area contributed by atoms with Crippen LogP contribution in [0.4, 0.5) is 0 Å². The molecule has 4 N–H and O–H groups in total. The van der Waals surface area contributed by atoms with Crippen LogP contribution >= 0.6 is 0 Å². The van der Waals surface area contributed by atoms with E-state index in [4.69, 9.17) is 28.4 Å². The highest BCUT2D eigenvalue weighted by molar-refractivity contribution is 5.80. The number of ether oxygens (including phenoxy) is 6. The zero-order valence-electron chi connectivity index (χ0n) is 53.8. The molecule has 92 heavy (non-hydrogen) atoms. The Balaban J connectivity index is 1.29. The largest absolute Gasteiger partial charge is 0.483 e. The van der Waals surface area contributed by atoms with Crippen LogP contribution in [0, 0.1) is 0 Å². The summed E-state index contributed by atoms with van der Waals surface area (Å²) in [5.41, 5.74) is 13.1. The van der Waals surface area contributed by atoms with Gasteiger partial charge in [0.05, 0.1) is 26.4 Å². The molecule has 14 heteroatoms. The van der Waals surface area contributed by atoms with Crippen LogP contribution in [0.15, 0.2) is 170 Å². The molecule has 14 nitrogen and oxygen atoms in total. The third-order valence-corrected chi connectivity index (χ3v) is 16.0. The fourth-order valence-corrected chi connectivity index (χ4v) is 11.2. The molecule has 480 valence electrons. The van der Waals surface area contributed by atoms with Gasteiger partial charge in [-0.3, -0.25) is 19.2 Å². The lowest BCUT2D eigenvalue weighted by Gasteiger charge is -2.23. The predicted molar refractivity (Wildman–Crippen MR) is 364 cm³/mol. The number of unbranched alkanes of at least 4 members (excludes halogenated alkanes) is 4. The van der Waals surface area contributed by atoms with Crippen molar-refractivity contribution in [3.63, 3.8) is 0 Å². The van der Waals surface area contributed by atoms with E-state index >= 15 is 0 Å². The highest BCUT2D eigenvalue weighted by atomic mass is 16.5. The predicted octanol–water partition coefficient (Wildman–Crippen LogP) is 14.5. The number of amides is 4. The molecule has 1 aliphatic heterocycles. The molecule has 0 aliphatic carbocycles. The lowest BCUT2D eigenvalue weighted by atomic mass is 9.91. The number of hydrogen-bond acceptors (Lipinski definition) is 10. The highest BCUT2D eigenvalue weighted by Crippen LogP contribution is 2.42. The van der Waals surface area contributed by atoms with Crippen LogP contribution in [-0.4, -0.2) is 76.2 Å². The quantitative estimate of drug-likeness (QED) is 0.0346. The van der Waals surface area contributed by atoms with Crippen molar-refractivity contribution in [1.29, 1.82) is 0 Å². The molecular weight excluding hydrogens is 1150 g/mol. The first-order valence-electron chi connectivity index (χ1n) is 32.7. The molecule has 9 rings (SSSR count). The Morgan fingerprint density at radius 2 is 0.511 bits per heavy atom. The van der Waals surface area contributed by atoms with Crippen LogP contribution < -0.4 is 40.2 Å². The second-order valence-electron chi connectivity index (χ2n) is 23.3. The van der Waals surface area contributed by atoms with Crippen LogP contribution in [0.1, 0.15) is 124 Å². The maximum Gasteiger partial charge on any atom is 0.257 e. The Morgan fingerprint density at radius 3 is 0.717 bits per heavy atom. The summed E-state index contributed by atoms with van der Waals surface area (Å²) in [4.78, 5) is 55.0. The minimum Gasteiger partial charge on any atom is -0.483 e. The molecule has 0 unspecified atom stereocenters. The summed E-state index contributed by atoms with van der Waals surface area (Å²) in [6.07, 6.45) is 7.39. The minimum atomic E-state index is -0.263. The van der Waals surface area contributed by atoms with E-state index in [-0.39, 0.29) is 89.3 Å². The molecule has 0 saturated heterocycles. The van der Waals surface area contributed by atoms with Gasteiger partial charge in [0, 0.05) is 61.3 Å². The Bertz CT molecular complexity index is 3210. The van der Waals surface area contributed by atoms with Gasteiger partial charge in [-0.1, -0.05) is 175 Å². The first kappa shape index (κ1) is 67.2. The van der Waals surface area contributed by atoms with Crippen molar-refractivity contribution >= 4 is 23.6 Å². The van der Waals surface area contributed by atoms with Gasteiger partial charge in [0.2, 0.25) is 0 Å². The van der Waals surface area contributed by atoms with Crippen LogP contribution in [0.25, 0.3) is 44.5 Å². The summed E-state index contributed by atoms with van der Waals surface area (Å²) < 4.78 is 41.2. The van der Waals surface area contributed by atoms with Crippen molar-refractivity contribution in [3.05, 3.63) is 214 Å². The van der Waals surface area contributed by atoms with Gasteiger partial charge in [-0.15, -0.1) is 0 Å². The molecule has 8 bridgehead atoms. The smallest absolute Gasteiger partial charge is 0.257 e. The van der Waals surface area contributed by atoms with Gasteiger partial charge < -0.3 is 49.7 Å². The van der Waals surface area contributed by atoms with Gasteiger partial charge >= 0.3 is 0 Å². The van der Waals surface area contributed by atoms with E-state index in [1.165, 1.54) is 0 Å². The second-order valence-corrected chi connectivity index (χ2v) is 23.3. The van der Waals surface area contributed by atoms with Gasteiger partial charge in [-0.25, -0.2) is 0 Å². The molecule has 1 heterocycles. The van der Waals surface area contributed by atoms with E-state index in [2.05, 4.69) is 146 Å². The van der Waals surface area contributed by atoms with Crippen LogP contribution in [0.2, 0.25) is 0 Å². The van der Waals surface area contributed by atoms with Crippen molar-refractivity contribution in [2.45, 2.75) is 118 Å². The zero-order chi connectivity index (χ0) is 64.3. The molecule has 8 aromatic carbocycles. The number of fused-ring (bicyclic) bond motifs is 8. The topological polar surface area (TPSA) is 172 Å². The summed E-state index contributed by atoms with van der Waals surface area (Å²) in [7, 11) is 0. The van der Waals surface area contributed by atoms with Crippen molar-refractivity contribution in [2.75, 3.05) is 52.6 Å². The molecule has 0 spiro atoms. The molecule has 0 atom stereocenters. The van der Waals surface area contributed by atoms with Gasteiger partial charge in [-0.2, -0.15) is 0 Å². The Kier molecular flexibility index (Phi) is 25.8. The van der Waals surface area contributed by atoms with E-state index in [0.717, 1.165) is 118 Å². The summed E-state index contributed by atoms with van der Waals surface area (Å²) in [6.45, 7) is 9.39. The number of carbonyl (C=O) groups is 4. The highest BCUT2D eigenvalue weighted by Gasteiger charge is 2.25. The summed E-state index contributed by atoms with van der Waals surface area (Å²) in [5, 5.41) is 12.1. The lowest BCUT2D eigenvalue weighted by molar-refractivity contribution is -0.123. The molecule has 0 saturated carbocycles. The molecular formula is C78H88N4O10. The molecule has 0 radical (unpaired) electrons. The van der Waals surface area contributed by atoms with Gasteiger partial charge in [0.25, 0.3) is 23.6 Å². The Morgan fingerprint density at radius 1 is 0.304 bits per heavy atom. The Hall–Kier alpha value is -9.24. The van der Waals surface area contributed by atoms with E-state index in [0.29, 0.717) is 71.4 Å². The fraction of sp³-hybridized carbons (Fsp3) is 0.333. The number of nitrogens with one attached hydrogen (secondary N) is 4. The maximum atomic E-state index is 13.7. The number of hydrogen-bond donors (Lipinski definition) is 4. The van der Waals surface area contributed by atoms with E-state index < -0.39 is 0 Å². The average Bonchev–Trinajstić information content (AvgIpc) is 0.810. The van der Waals surface area contributed by atoms with E-state index in [1.54, 1.807) is 0 Å². The average molecular weight is 1240 g/mol. The fourth-order valence-electron chi connectivity index (χ4n) is 11.2. The SMILES string of the molecule is CCCCNC(=O)COc1c2cc(-c3ccccc3)cc1Cc1cc(-c3ccccc3)cc(c1OCC(=O)NCCCC)COCc1cc(-c3ccccc3)cc(c1OCC(=O)NCCCC)Cc1cc(-c3ccccc3)cc(c1OCC(=O)NCCCC)COC2. The van der Waals surface area contributed by atoms with Crippen molar-refractivity contribution in [1.82, 2.24) is 21.3 Å². The standard InChI is InChI=1S/C78H88N4O10/c1-5-9-33-79-71(83)51-89-75-63-37-59(55-25-17-13-18-26-55)41-67(75)47-87-48-68-43-61(57-29-21-15-22-30-57)39-65(77(68)91-53-73(85)81-35-11-7-3)46-66-40-62(58-31-23-16-24-32-58)44-70(78(66)92-54-74(86)82-36-12-8-4)50-88-49-69-42-60(56-27-19-14-20-28-56)38-64(45-63)76(69)90-52-72(84)80-34-10-6-2/h13-32,37-44H,5-12,33-36,45-54H2,1-4H3,(H,79,83)(H,80,84)(H,81,85)(H,82,86). The molecule has 0 fully saturated rings. The third kappa shape index (κ3) is 19.4. The first-order valence-corrected chi connectivity index (χ1v) is 32.7. The van der Waals surface area contributed by atoms with Crippen LogP contribution in [0.5, 0.6) is 23.0 Å². The third-order valence-electron chi connectivity index (χ3n) is 16.0. The number of carbonyl (C=O) groups excluding carboxylic acids is 4. The van der Waals surface area contributed by atoms with Gasteiger partial charge in [0.1, 0.15) is 23.0 Å². The summed E-state index contributed by atoms with van der Waals surface area (Å²) in [6, 6.07) is 57.0. The maximum absolute atomic E-state index is 13.7. The monoisotopic (exact) mass is 1240 g/mol. The van der Waals surface area contributed by atoms with Gasteiger partial charge in [0.15, 0.2) is 26.4 Å². The zero-order valence-corrected chi connectivity index (χ0v) is 53.8. The van der Waals surface area contributed by atoms with Crippen LogP contribution in [0.3, 0.4) is 0 Å². The van der Waals surface area contributed by atoms with E-state index in [9.17, 15) is 19.2 Å². The van der Waals surface area contributed by atoms with Crippen molar-refractivity contribution in [2.24, 2.45) is 0 Å². The van der Waals surface area contributed by atoms with E-state index in [1.807, 2.05) is 72.8 Å². The van der Waals surface area contributed by atoms with Gasteiger partial charge in [-0.05, 0) is 141 Å². The van der Waals surface area contributed by atoms with Crippen LogP contribution in [-0.2, 0) is 67.9 Å².